The summed E-state index contributed by atoms with van der Waals surface area (Å²) >= 11 is 2.06. The van der Waals surface area contributed by atoms with Crippen molar-refractivity contribution in [1.29, 1.82) is 0 Å². The Morgan fingerprint density at radius 3 is 2.89 bits per heavy atom. The number of aliphatic hydroxyl groups is 1. The number of halogens is 1. The molecular weight excluding hydrogens is 361 g/mol. The van der Waals surface area contributed by atoms with Crippen LogP contribution >= 0.6 is 22.6 Å². The van der Waals surface area contributed by atoms with Crippen LogP contribution in [0.4, 0.5) is 5.69 Å². The van der Waals surface area contributed by atoms with Crippen molar-refractivity contribution >= 4 is 40.2 Å². The van der Waals surface area contributed by atoms with E-state index in [0.717, 1.165) is 3.57 Å². The number of rotatable bonds is 3. The fraction of sp³-hybridized carbons (Fsp3) is 0.231. The van der Waals surface area contributed by atoms with Gasteiger partial charge in [0, 0.05) is 14.8 Å². The Morgan fingerprint density at radius 2 is 2.26 bits per heavy atom. The molecule has 1 amide bonds. The highest BCUT2D eigenvalue weighted by Crippen LogP contribution is 2.41. The van der Waals surface area contributed by atoms with E-state index in [1.807, 2.05) is 0 Å². The van der Waals surface area contributed by atoms with Crippen molar-refractivity contribution in [2.45, 2.75) is 12.5 Å². The number of carbonyl (C=O) groups is 2. The number of hydrogen-bond donors (Lipinski definition) is 2. The normalized spacial score (nSPS) is 20.7. The predicted octanol–water partition coefficient (Wildman–Crippen LogP) is 1.55. The van der Waals surface area contributed by atoms with Crippen molar-refractivity contribution < 1.29 is 19.4 Å². The molecule has 0 aliphatic carbocycles. The Balaban J connectivity index is 2.49. The minimum Gasteiger partial charge on any atom is -0.463 e. The number of fused-ring (bicyclic) bond motifs is 1. The van der Waals surface area contributed by atoms with Crippen LogP contribution in [0.5, 0.6) is 0 Å². The van der Waals surface area contributed by atoms with Crippen LogP contribution in [-0.4, -0.2) is 23.6 Å². The average Bonchev–Trinajstić information content (AvgIpc) is 2.62. The van der Waals surface area contributed by atoms with Gasteiger partial charge >= 0.3 is 5.97 Å². The van der Waals surface area contributed by atoms with Crippen LogP contribution in [0.1, 0.15) is 12.5 Å². The van der Waals surface area contributed by atoms with Gasteiger partial charge in [0.1, 0.15) is 0 Å². The zero-order valence-corrected chi connectivity index (χ0v) is 12.4. The van der Waals surface area contributed by atoms with E-state index in [1.165, 1.54) is 0 Å². The maximum atomic E-state index is 12.0. The van der Waals surface area contributed by atoms with E-state index in [0.29, 0.717) is 11.3 Å². The SMILES string of the molecule is C=C(C(=O)OCC)C1(O)C(=O)Nc2ccc(I)cc21. The maximum Gasteiger partial charge on any atom is 0.337 e. The lowest BCUT2D eigenvalue weighted by Gasteiger charge is -2.22. The number of esters is 1. The Hall–Kier alpha value is -1.41. The summed E-state index contributed by atoms with van der Waals surface area (Å²) in [5.74, 6) is -1.48. The molecule has 1 heterocycles. The number of carbonyl (C=O) groups excluding carboxylic acids is 2. The summed E-state index contributed by atoms with van der Waals surface area (Å²) in [5.41, 5.74) is -1.56. The van der Waals surface area contributed by atoms with Gasteiger partial charge in [0.25, 0.3) is 5.91 Å². The van der Waals surface area contributed by atoms with Crippen molar-refractivity contribution in [1.82, 2.24) is 0 Å². The molecule has 2 rings (SSSR count). The molecule has 0 bridgehead atoms. The number of hydrogen-bond acceptors (Lipinski definition) is 4. The van der Waals surface area contributed by atoms with Crippen LogP contribution in [-0.2, 0) is 19.9 Å². The second-order valence-corrected chi connectivity index (χ2v) is 5.30. The molecule has 100 valence electrons. The first-order valence-electron chi connectivity index (χ1n) is 5.61. The van der Waals surface area contributed by atoms with Crippen LogP contribution in [0.15, 0.2) is 30.4 Å². The molecular formula is C13H12INO4. The van der Waals surface area contributed by atoms with Crippen molar-refractivity contribution in [3.05, 3.63) is 39.5 Å². The monoisotopic (exact) mass is 373 g/mol. The summed E-state index contributed by atoms with van der Waals surface area (Å²) in [4.78, 5) is 23.7. The molecule has 1 aliphatic rings. The van der Waals surface area contributed by atoms with Crippen LogP contribution in [0.3, 0.4) is 0 Å². The molecule has 1 aliphatic heterocycles. The van der Waals surface area contributed by atoms with Crippen LogP contribution in [0.2, 0.25) is 0 Å². The minimum absolute atomic E-state index is 0.148. The summed E-state index contributed by atoms with van der Waals surface area (Å²) in [6.07, 6.45) is 0. The van der Waals surface area contributed by atoms with E-state index >= 15 is 0 Å². The van der Waals surface area contributed by atoms with Gasteiger partial charge < -0.3 is 15.2 Å². The molecule has 0 radical (unpaired) electrons. The molecule has 5 nitrogen and oxygen atoms in total. The van der Waals surface area contributed by atoms with Crippen molar-refractivity contribution in [3.8, 4) is 0 Å². The highest BCUT2D eigenvalue weighted by molar-refractivity contribution is 14.1. The summed E-state index contributed by atoms with van der Waals surface area (Å²) in [7, 11) is 0. The van der Waals surface area contributed by atoms with Gasteiger partial charge in [-0.05, 0) is 47.7 Å². The van der Waals surface area contributed by atoms with Crippen LogP contribution in [0, 0.1) is 3.57 Å². The Labute approximate surface area is 123 Å². The minimum atomic E-state index is -2.07. The predicted molar refractivity (Wildman–Crippen MR) is 77.5 cm³/mol. The number of nitrogens with one attached hydrogen (secondary N) is 1. The van der Waals surface area contributed by atoms with Gasteiger partial charge in [-0.15, -0.1) is 0 Å². The third kappa shape index (κ3) is 2.14. The fourth-order valence-electron chi connectivity index (χ4n) is 1.93. The highest BCUT2D eigenvalue weighted by Gasteiger charge is 2.50. The quantitative estimate of drug-likeness (QED) is 0.479. The average molecular weight is 373 g/mol. The Kier molecular flexibility index (Phi) is 3.64. The van der Waals surface area contributed by atoms with E-state index in [2.05, 4.69) is 34.5 Å². The van der Waals surface area contributed by atoms with Crippen molar-refractivity contribution in [2.24, 2.45) is 0 Å². The van der Waals surface area contributed by atoms with Crippen LogP contribution in [0.25, 0.3) is 0 Å². The first-order valence-corrected chi connectivity index (χ1v) is 6.69. The lowest BCUT2D eigenvalue weighted by Crippen LogP contribution is -2.39. The van der Waals surface area contributed by atoms with Crippen molar-refractivity contribution in [3.63, 3.8) is 0 Å². The third-order valence-corrected chi connectivity index (χ3v) is 3.58. The Bertz CT molecular complexity index is 584. The molecule has 1 unspecified atom stereocenters. The van der Waals surface area contributed by atoms with E-state index in [9.17, 15) is 14.7 Å². The van der Waals surface area contributed by atoms with Gasteiger partial charge in [0.15, 0.2) is 0 Å². The van der Waals surface area contributed by atoms with Crippen molar-refractivity contribution in [2.75, 3.05) is 11.9 Å². The zero-order chi connectivity index (χ0) is 14.2. The molecule has 0 fully saturated rings. The molecule has 0 saturated heterocycles. The number of benzene rings is 1. The fourth-order valence-corrected chi connectivity index (χ4v) is 2.42. The topological polar surface area (TPSA) is 75.6 Å². The summed E-state index contributed by atoms with van der Waals surface area (Å²) in [6.45, 7) is 5.31. The largest absolute Gasteiger partial charge is 0.463 e. The molecule has 2 N–H and O–H groups in total. The molecule has 6 heteroatoms. The van der Waals surface area contributed by atoms with Gasteiger partial charge in [-0.3, -0.25) is 4.79 Å². The van der Waals surface area contributed by atoms with Gasteiger partial charge in [-0.1, -0.05) is 6.58 Å². The second-order valence-electron chi connectivity index (χ2n) is 4.05. The lowest BCUT2D eigenvalue weighted by molar-refractivity contribution is -0.145. The number of anilines is 1. The summed E-state index contributed by atoms with van der Waals surface area (Å²) in [5, 5.41) is 13.1. The second kappa shape index (κ2) is 4.93. The molecule has 1 atom stereocenters. The first kappa shape index (κ1) is 14.0. The molecule has 19 heavy (non-hydrogen) atoms. The first-order chi connectivity index (χ1) is 8.91. The van der Waals surface area contributed by atoms with E-state index < -0.39 is 17.5 Å². The number of ether oxygens (including phenoxy) is 1. The third-order valence-electron chi connectivity index (χ3n) is 2.91. The van der Waals surface area contributed by atoms with E-state index in [1.54, 1.807) is 25.1 Å². The van der Waals surface area contributed by atoms with Gasteiger partial charge in [-0.2, -0.15) is 0 Å². The smallest absolute Gasteiger partial charge is 0.337 e. The summed E-state index contributed by atoms with van der Waals surface area (Å²) in [6, 6.07) is 5.10. The molecule has 1 aromatic rings. The summed E-state index contributed by atoms with van der Waals surface area (Å²) < 4.78 is 5.63. The molecule has 1 aromatic carbocycles. The molecule has 0 spiro atoms. The Morgan fingerprint density at radius 1 is 1.58 bits per heavy atom. The van der Waals surface area contributed by atoms with E-state index in [-0.39, 0.29) is 12.2 Å². The van der Waals surface area contributed by atoms with Crippen LogP contribution < -0.4 is 5.32 Å². The highest BCUT2D eigenvalue weighted by atomic mass is 127. The lowest BCUT2D eigenvalue weighted by atomic mass is 9.88. The van der Waals surface area contributed by atoms with Gasteiger partial charge in [0.2, 0.25) is 5.60 Å². The number of amides is 1. The standard InChI is InChI=1S/C13H12INO4/c1-3-19-11(16)7(2)13(18)9-6-8(14)4-5-10(9)15-12(13)17/h4-6,18H,2-3H2,1H3,(H,15,17). The zero-order valence-electron chi connectivity index (χ0n) is 10.2. The van der Waals surface area contributed by atoms with Gasteiger partial charge in [-0.25, -0.2) is 4.79 Å². The van der Waals surface area contributed by atoms with Gasteiger partial charge in [0.05, 0.1) is 12.2 Å². The molecule has 0 saturated carbocycles. The van der Waals surface area contributed by atoms with E-state index in [4.69, 9.17) is 4.74 Å². The maximum absolute atomic E-state index is 12.0. The molecule has 0 aromatic heterocycles.